The van der Waals surface area contributed by atoms with Gasteiger partial charge in [0.25, 0.3) is 0 Å². The van der Waals surface area contributed by atoms with Gasteiger partial charge in [0.1, 0.15) is 6.54 Å². The van der Waals surface area contributed by atoms with Crippen LogP contribution in [0, 0.1) is 0 Å². The van der Waals surface area contributed by atoms with Crippen LogP contribution in [-0.4, -0.2) is 26.8 Å². The average molecular weight is 328 g/mol. The van der Waals surface area contributed by atoms with Crippen molar-refractivity contribution < 1.29 is 9.59 Å². The highest BCUT2D eigenvalue weighted by atomic mass is 35.5. The smallest absolute Gasteiger partial charge is 0.246 e. The zero-order chi connectivity index (χ0) is 15.4. The Bertz CT molecular complexity index is 686. The molecule has 0 radical (unpaired) electrons. The van der Waals surface area contributed by atoms with Gasteiger partial charge in [-0.3, -0.25) is 9.59 Å². The summed E-state index contributed by atoms with van der Waals surface area (Å²) in [5, 5.41) is 13.3. The first kappa shape index (κ1) is 15.3. The topological polar surface area (TPSA) is 88.9 Å². The largest absolute Gasteiger partial charge is 0.323 e. The molecule has 0 saturated carbocycles. The molecule has 0 aliphatic carbocycles. The maximum Gasteiger partial charge on any atom is 0.246 e. The lowest BCUT2D eigenvalue weighted by Crippen LogP contribution is -2.19. The van der Waals surface area contributed by atoms with E-state index >= 15 is 0 Å². The first-order chi connectivity index (χ1) is 9.94. The van der Waals surface area contributed by atoms with E-state index in [2.05, 4.69) is 20.9 Å². The van der Waals surface area contributed by atoms with Crippen molar-refractivity contribution in [3.8, 4) is 0 Å². The van der Waals surface area contributed by atoms with Crippen LogP contribution < -0.4 is 10.6 Å². The van der Waals surface area contributed by atoms with Crippen LogP contribution >= 0.6 is 23.2 Å². The van der Waals surface area contributed by atoms with Crippen molar-refractivity contribution >= 4 is 46.5 Å². The van der Waals surface area contributed by atoms with E-state index in [9.17, 15) is 9.59 Å². The van der Waals surface area contributed by atoms with Crippen LogP contribution in [-0.2, 0) is 16.1 Å². The summed E-state index contributed by atoms with van der Waals surface area (Å²) in [5.41, 5.74) is 0.452. The van der Waals surface area contributed by atoms with Gasteiger partial charge in [-0.05, 0) is 18.2 Å². The minimum Gasteiger partial charge on any atom is -0.323 e. The number of hydrogen-bond acceptors (Lipinski definition) is 4. The Kier molecular flexibility index (Phi) is 4.77. The molecule has 110 valence electrons. The van der Waals surface area contributed by atoms with Gasteiger partial charge in [0.15, 0.2) is 5.82 Å². The van der Waals surface area contributed by atoms with Crippen LogP contribution in [0.5, 0.6) is 0 Å². The molecule has 2 N–H and O–H groups in total. The quantitative estimate of drug-likeness (QED) is 0.900. The van der Waals surface area contributed by atoms with Crippen LogP contribution in [0.4, 0.5) is 11.5 Å². The summed E-state index contributed by atoms with van der Waals surface area (Å²) in [7, 11) is 0. The second kappa shape index (κ2) is 6.55. The zero-order valence-electron chi connectivity index (χ0n) is 10.9. The van der Waals surface area contributed by atoms with E-state index in [-0.39, 0.29) is 24.2 Å². The van der Waals surface area contributed by atoms with Gasteiger partial charge in [-0.1, -0.05) is 28.4 Å². The number of nitrogens with zero attached hydrogens (tertiary/aromatic N) is 3. The molecule has 9 heteroatoms. The molecule has 21 heavy (non-hydrogen) atoms. The molecule has 0 bridgehead atoms. The SMILES string of the molecule is CC(=O)Nc1cn(CC(=O)Nc2ccc(Cl)cc2Cl)nn1. The third kappa shape index (κ3) is 4.44. The Morgan fingerprint density at radius 1 is 1.29 bits per heavy atom. The van der Waals surface area contributed by atoms with Gasteiger partial charge >= 0.3 is 0 Å². The summed E-state index contributed by atoms with van der Waals surface area (Å²) in [6.45, 7) is 1.29. The maximum atomic E-state index is 11.9. The molecule has 1 aromatic carbocycles. The predicted octanol–water partition coefficient (Wildman–Crippen LogP) is 2.18. The molecule has 0 aliphatic rings. The molecule has 2 rings (SSSR count). The molecule has 0 aliphatic heterocycles. The second-order valence-corrected chi connectivity index (χ2v) is 5.00. The predicted molar refractivity (Wildman–Crippen MR) is 79.4 cm³/mol. The number of hydrogen-bond donors (Lipinski definition) is 2. The number of carbonyl (C=O) groups excluding carboxylic acids is 2. The fraction of sp³-hybridized carbons (Fsp3) is 0.167. The fourth-order valence-electron chi connectivity index (χ4n) is 1.54. The van der Waals surface area contributed by atoms with Crippen molar-refractivity contribution in [2.45, 2.75) is 13.5 Å². The van der Waals surface area contributed by atoms with E-state index in [0.717, 1.165) is 0 Å². The van der Waals surface area contributed by atoms with E-state index in [1.54, 1.807) is 12.1 Å². The normalized spacial score (nSPS) is 10.2. The lowest BCUT2D eigenvalue weighted by Gasteiger charge is -2.07. The first-order valence-corrected chi connectivity index (χ1v) is 6.62. The number of amides is 2. The highest BCUT2D eigenvalue weighted by molar-refractivity contribution is 6.36. The molecule has 0 saturated heterocycles. The van der Waals surface area contributed by atoms with Gasteiger partial charge in [0.2, 0.25) is 11.8 Å². The van der Waals surface area contributed by atoms with Crippen molar-refractivity contribution in [2.24, 2.45) is 0 Å². The molecular weight excluding hydrogens is 317 g/mol. The van der Waals surface area contributed by atoms with Crippen LogP contribution in [0.1, 0.15) is 6.92 Å². The van der Waals surface area contributed by atoms with E-state index in [0.29, 0.717) is 15.7 Å². The van der Waals surface area contributed by atoms with Crippen molar-refractivity contribution in [3.63, 3.8) is 0 Å². The Labute approximate surface area is 130 Å². The summed E-state index contributed by atoms with van der Waals surface area (Å²) in [4.78, 5) is 22.7. The van der Waals surface area contributed by atoms with E-state index < -0.39 is 0 Å². The van der Waals surface area contributed by atoms with Gasteiger partial charge in [-0.2, -0.15) is 0 Å². The Morgan fingerprint density at radius 3 is 2.71 bits per heavy atom. The zero-order valence-corrected chi connectivity index (χ0v) is 12.4. The second-order valence-electron chi connectivity index (χ2n) is 4.15. The number of benzene rings is 1. The van der Waals surface area contributed by atoms with Crippen molar-refractivity contribution in [1.29, 1.82) is 0 Å². The van der Waals surface area contributed by atoms with E-state index in [4.69, 9.17) is 23.2 Å². The van der Waals surface area contributed by atoms with Crippen LogP contribution in [0.15, 0.2) is 24.4 Å². The molecule has 0 spiro atoms. The molecule has 0 unspecified atom stereocenters. The van der Waals surface area contributed by atoms with Crippen molar-refractivity contribution in [2.75, 3.05) is 10.6 Å². The minimum absolute atomic E-state index is 0.0639. The van der Waals surface area contributed by atoms with Crippen molar-refractivity contribution in [3.05, 3.63) is 34.4 Å². The third-order valence-electron chi connectivity index (χ3n) is 2.35. The van der Waals surface area contributed by atoms with Crippen molar-refractivity contribution in [1.82, 2.24) is 15.0 Å². The van der Waals surface area contributed by atoms with Crippen LogP contribution in [0.25, 0.3) is 0 Å². The lowest BCUT2D eigenvalue weighted by atomic mass is 10.3. The number of rotatable bonds is 4. The molecule has 1 heterocycles. The Hall–Kier alpha value is -2.12. The molecule has 1 aromatic heterocycles. The molecule has 2 amide bonds. The van der Waals surface area contributed by atoms with Gasteiger partial charge in [-0.15, -0.1) is 5.10 Å². The number of halogens is 2. The summed E-state index contributed by atoms with van der Waals surface area (Å²) >= 11 is 11.7. The average Bonchev–Trinajstić information content (AvgIpc) is 2.79. The Balaban J connectivity index is 1.98. The summed E-state index contributed by atoms with van der Waals surface area (Å²) in [6.07, 6.45) is 1.45. The number of aromatic nitrogens is 3. The molecule has 0 atom stereocenters. The highest BCUT2D eigenvalue weighted by Gasteiger charge is 2.09. The molecule has 2 aromatic rings. The number of carbonyl (C=O) groups is 2. The molecule has 7 nitrogen and oxygen atoms in total. The van der Waals surface area contributed by atoms with Crippen LogP contribution in [0.3, 0.4) is 0 Å². The van der Waals surface area contributed by atoms with E-state index in [1.807, 2.05) is 0 Å². The first-order valence-electron chi connectivity index (χ1n) is 5.86. The standard InChI is InChI=1S/C12H11Cl2N5O2/c1-7(20)15-11-5-19(18-17-11)6-12(21)16-10-3-2-8(13)4-9(10)14/h2-5H,6H2,1H3,(H,15,20)(H,16,21). The fourth-order valence-corrected chi connectivity index (χ4v) is 2.00. The molecule has 0 fully saturated rings. The van der Waals surface area contributed by atoms with Gasteiger partial charge < -0.3 is 10.6 Å². The maximum absolute atomic E-state index is 11.9. The highest BCUT2D eigenvalue weighted by Crippen LogP contribution is 2.25. The minimum atomic E-state index is -0.335. The monoisotopic (exact) mass is 327 g/mol. The summed E-state index contributed by atoms with van der Waals surface area (Å²) in [5.74, 6) is -0.322. The molecular formula is C12H11Cl2N5O2. The number of anilines is 2. The summed E-state index contributed by atoms with van der Waals surface area (Å²) < 4.78 is 1.30. The van der Waals surface area contributed by atoms with E-state index in [1.165, 1.54) is 23.9 Å². The lowest BCUT2D eigenvalue weighted by molar-refractivity contribution is -0.117. The number of nitrogens with one attached hydrogen (secondary N) is 2. The van der Waals surface area contributed by atoms with Gasteiger partial charge in [0.05, 0.1) is 16.9 Å². The van der Waals surface area contributed by atoms with Gasteiger partial charge in [-0.25, -0.2) is 4.68 Å². The third-order valence-corrected chi connectivity index (χ3v) is 2.90. The van der Waals surface area contributed by atoms with Crippen LogP contribution in [0.2, 0.25) is 10.0 Å². The Morgan fingerprint density at radius 2 is 2.05 bits per heavy atom. The summed E-state index contributed by atoms with van der Waals surface area (Å²) in [6, 6.07) is 4.75. The van der Waals surface area contributed by atoms with Gasteiger partial charge in [0, 0.05) is 11.9 Å².